The Labute approximate surface area is 130 Å². The minimum Gasteiger partial charge on any atom is -0.277 e. The second kappa shape index (κ2) is 5.30. The van der Waals surface area contributed by atoms with Crippen LogP contribution in [0.5, 0.6) is 0 Å². The van der Waals surface area contributed by atoms with Crippen LogP contribution in [0.4, 0.5) is 5.69 Å². The molecule has 0 aromatic heterocycles. The van der Waals surface area contributed by atoms with Gasteiger partial charge in [-0.15, -0.1) is 0 Å². The quantitative estimate of drug-likeness (QED) is 0.793. The molecule has 108 valence electrons. The predicted molar refractivity (Wildman–Crippen MR) is 89.2 cm³/mol. The van der Waals surface area contributed by atoms with Gasteiger partial charge in [0.05, 0.1) is 5.70 Å². The summed E-state index contributed by atoms with van der Waals surface area (Å²) in [7, 11) is 0. The molecule has 2 aromatic rings. The lowest BCUT2D eigenvalue weighted by molar-refractivity contribution is -0.114. The number of hydrogen-bond acceptors (Lipinski definition) is 1. The highest BCUT2D eigenvalue weighted by Gasteiger charge is 2.37. The van der Waals surface area contributed by atoms with Gasteiger partial charge < -0.3 is 0 Å². The molecule has 1 aliphatic heterocycles. The summed E-state index contributed by atoms with van der Waals surface area (Å²) in [6.45, 7) is 0. The van der Waals surface area contributed by atoms with Gasteiger partial charge in [0.25, 0.3) is 5.91 Å². The molecule has 1 heterocycles. The van der Waals surface area contributed by atoms with E-state index in [9.17, 15) is 4.79 Å². The van der Waals surface area contributed by atoms with Gasteiger partial charge in [-0.05, 0) is 48.6 Å². The van der Waals surface area contributed by atoms with Crippen molar-refractivity contribution in [2.45, 2.75) is 19.3 Å². The van der Waals surface area contributed by atoms with Crippen molar-refractivity contribution in [2.75, 3.05) is 4.90 Å². The number of anilines is 1. The number of hydrogen-bond donors (Lipinski definition) is 0. The normalized spacial score (nSPS) is 19.2. The summed E-state index contributed by atoms with van der Waals surface area (Å²) >= 11 is 0. The van der Waals surface area contributed by atoms with Gasteiger partial charge in [0.2, 0.25) is 0 Å². The van der Waals surface area contributed by atoms with Crippen molar-refractivity contribution >= 4 is 17.7 Å². The largest absolute Gasteiger partial charge is 0.277 e. The zero-order valence-corrected chi connectivity index (χ0v) is 12.3. The topological polar surface area (TPSA) is 20.3 Å². The van der Waals surface area contributed by atoms with Gasteiger partial charge in [-0.2, -0.15) is 0 Å². The standard InChI is InChI=1S/C20H17NO/c22-20-18-13-7-12-17(18)19(14-15-8-3-1-4-9-15)21(20)16-10-5-2-6-11-16/h1-6,8-11,14H,7,12-13H2/b19-14-. The predicted octanol–water partition coefficient (Wildman–Crippen LogP) is 4.55. The van der Waals surface area contributed by atoms with E-state index >= 15 is 0 Å². The van der Waals surface area contributed by atoms with E-state index in [0.717, 1.165) is 41.8 Å². The van der Waals surface area contributed by atoms with E-state index in [0.29, 0.717) is 0 Å². The van der Waals surface area contributed by atoms with Crippen LogP contribution >= 0.6 is 0 Å². The van der Waals surface area contributed by atoms with Gasteiger partial charge in [-0.3, -0.25) is 9.69 Å². The SMILES string of the molecule is O=C1C2=C(CCC2)/C(=C/c2ccccc2)N1c1ccccc1. The van der Waals surface area contributed by atoms with Crippen molar-refractivity contribution in [3.63, 3.8) is 0 Å². The number of rotatable bonds is 2. The molecule has 0 spiro atoms. The van der Waals surface area contributed by atoms with Crippen LogP contribution in [0, 0.1) is 0 Å². The van der Waals surface area contributed by atoms with Crippen molar-refractivity contribution in [3.8, 4) is 0 Å². The van der Waals surface area contributed by atoms with Gasteiger partial charge in [-0.1, -0.05) is 48.5 Å². The van der Waals surface area contributed by atoms with E-state index < -0.39 is 0 Å². The highest BCUT2D eigenvalue weighted by Crippen LogP contribution is 2.43. The summed E-state index contributed by atoms with van der Waals surface area (Å²) in [4.78, 5) is 14.7. The van der Waals surface area contributed by atoms with Crippen molar-refractivity contribution in [1.29, 1.82) is 0 Å². The Morgan fingerprint density at radius 2 is 1.45 bits per heavy atom. The zero-order valence-electron chi connectivity index (χ0n) is 12.3. The molecule has 0 fully saturated rings. The van der Waals surface area contributed by atoms with Crippen LogP contribution in [0.15, 0.2) is 77.5 Å². The molecule has 0 unspecified atom stereocenters. The summed E-state index contributed by atoms with van der Waals surface area (Å²) in [6, 6.07) is 20.2. The van der Waals surface area contributed by atoms with Gasteiger partial charge >= 0.3 is 0 Å². The molecule has 0 N–H and O–H groups in total. The van der Waals surface area contributed by atoms with Gasteiger partial charge in [-0.25, -0.2) is 0 Å². The molecular weight excluding hydrogens is 270 g/mol. The molecule has 1 aliphatic carbocycles. The van der Waals surface area contributed by atoms with E-state index in [2.05, 4.69) is 18.2 Å². The molecule has 22 heavy (non-hydrogen) atoms. The number of para-hydroxylation sites is 1. The first kappa shape index (κ1) is 13.1. The van der Waals surface area contributed by atoms with Crippen molar-refractivity contribution in [2.24, 2.45) is 0 Å². The molecular formula is C20H17NO. The molecule has 2 aromatic carbocycles. The maximum atomic E-state index is 12.8. The Morgan fingerprint density at radius 1 is 0.818 bits per heavy atom. The van der Waals surface area contributed by atoms with E-state index in [4.69, 9.17) is 0 Å². The average molecular weight is 287 g/mol. The van der Waals surface area contributed by atoms with Gasteiger partial charge in [0.15, 0.2) is 0 Å². The summed E-state index contributed by atoms with van der Waals surface area (Å²) < 4.78 is 0. The maximum absolute atomic E-state index is 12.8. The molecule has 2 aliphatic rings. The molecule has 4 rings (SSSR count). The lowest BCUT2D eigenvalue weighted by Crippen LogP contribution is -2.25. The fourth-order valence-electron chi connectivity index (χ4n) is 3.33. The Bertz CT molecular complexity index is 772. The zero-order chi connectivity index (χ0) is 14.9. The van der Waals surface area contributed by atoms with Crippen LogP contribution in [0.25, 0.3) is 6.08 Å². The van der Waals surface area contributed by atoms with Crippen molar-refractivity contribution in [3.05, 3.63) is 83.1 Å². The number of carbonyl (C=O) groups excluding carboxylic acids is 1. The van der Waals surface area contributed by atoms with E-state index in [1.54, 1.807) is 0 Å². The minimum absolute atomic E-state index is 0.154. The number of benzene rings is 2. The van der Waals surface area contributed by atoms with E-state index in [1.165, 1.54) is 5.57 Å². The first-order valence-electron chi connectivity index (χ1n) is 7.73. The van der Waals surface area contributed by atoms with Crippen LogP contribution < -0.4 is 4.90 Å². The third-order valence-corrected chi connectivity index (χ3v) is 4.35. The fourth-order valence-corrected chi connectivity index (χ4v) is 3.33. The lowest BCUT2D eigenvalue weighted by Gasteiger charge is -2.21. The Kier molecular flexibility index (Phi) is 3.15. The Hall–Kier alpha value is -2.61. The monoisotopic (exact) mass is 287 g/mol. The number of amides is 1. The summed E-state index contributed by atoms with van der Waals surface area (Å²) in [5.41, 5.74) is 5.37. The molecule has 0 saturated carbocycles. The summed E-state index contributed by atoms with van der Waals surface area (Å²) in [5.74, 6) is 0.154. The number of carbonyl (C=O) groups is 1. The molecule has 2 nitrogen and oxygen atoms in total. The highest BCUT2D eigenvalue weighted by molar-refractivity contribution is 6.14. The summed E-state index contributed by atoms with van der Waals surface area (Å²) in [6.07, 6.45) is 5.14. The van der Waals surface area contributed by atoms with E-state index in [1.807, 2.05) is 53.4 Å². The van der Waals surface area contributed by atoms with Gasteiger partial charge in [0, 0.05) is 11.3 Å². The van der Waals surface area contributed by atoms with Crippen molar-refractivity contribution in [1.82, 2.24) is 0 Å². The van der Waals surface area contributed by atoms with Crippen molar-refractivity contribution < 1.29 is 4.79 Å². The van der Waals surface area contributed by atoms with Crippen LogP contribution in [0.2, 0.25) is 0 Å². The molecule has 1 amide bonds. The lowest BCUT2D eigenvalue weighted by atomic mass is 10.1. The molecule has 2 heteroatoms. The third-order valence-electron chi connectivity index (χ3n) is 4.35. The molecule has 0 atom stereocenters. The Balaban J connectivity index is 1.84. The average Bonchev–Trinajstić information content (AvgIpc) is 3.13. The fraction of sp³-hybridized carbons (Fsp3) is 0.150. The van der Waals surface area contributed by atoms with Gasteiger partial charge in [0.1, 0.15) is 0 Å². The molecule has 0 bridgehead atoms. The smallest absolute Gasteiger partial charge is 0.259 e. The molecule has 0 radical (unpaired) electrons. The number of allylic oxidation sites excluding steroid dienone is 1. The number of nitrogens with zero attached hydrogens (tertiary/aromatic N) is 1. The summed E-state index contributed by atoms with van der Waals surface area (Å²) in [5, 5.41) is 0. The minimum atomic E-state index is 0.154. The first-order valence-corrected chi connectivity index (χ1v) is 7.73. The highest BCUT2D eigenvalue weighted by atomic mass is 16.2. The van der Waals surface area contributed by atoms with E-state index in [-0.39, 0.29) is 5.91 Å². The third kappa shape index (κ3) is 2.08. The van der Waals surface area contributed by atoms with Crippen LogP contribution in [0.1, 0.15) is 24.8 Å². The molecule has 0 saturated heterocycles. The Morgan fingerprint density at radius 3 is 2.18 bits per heavy atom. The second-order valence-electron chi connectivity index (χ2n) is 5.73. The first-order chi connectivity index (χ1) is 10.8. The van der Waals surface area contributed by atoms with Crippen LogP contribution in [0.3, 0.4) is 0 Å². The van der Waals surface area contributed by atoms with Crippen LogP contribution in [-0.2, 0) is 4.79 Å². The maximum Gasteiger partial charge on any atom is 0.259 e. The van der Waals surface area contributed by atoms with Crippen LogP contribution in [-0.4, -0.2) is 5.91 Å². The second-order valence-corrected chi connectivity index (χ2v) is 5.73.